The zero-order valence-electron chi connectivity index (χ0n) is 10.8. The third-order valence-corrected chi connectivity index (χ3v) is 4.65. The number of hydrogen-bond donors (Lipinski definition) is 1. The predicted molar refractivity (Wildman–Crippen MR) is 77.5 cm³/mol. The highest BCUT2D eigenvalue weighted by Gasteiger charge is 2.42. The Labute approximate surface area is 125 Å². The number of amides is 1. The zero-order chi connectivity index (χ0) is 14.3. The van der Waals surface area contributed by atoms with Crippen LogP contribution >= 0.6 is 15.9 Å². The first kappa shape index (κ1) is 13.5. The summed E-state index contributed by atoms with van der Waals surface area (Å²) in [6, 6.07) is 4.51. The molecule has 1 N–H and O–H groups in total. The SMILES string of the molecule is O=C(NC(C1CC1)C1CC1)c1cc([N+](=O)[O-])ccc1Br. The van der Waals surface area contributed by atoms with E-state index < -0.39 is 4.92 Å². The molecule has 2 aliphatic rings. The lowest BCUT2D eigenvalue weighted by Gasteiger charge is -2.18. The molecule has 0 heterocycles. The van der Waals surface area contributed by atoms with Crippen LogP contribution in [0.3, 0.4) is 0 Å². The normalized spacial score (nSPS) is 18.1. The Kier molecular flexibility index (Phi) is 3.50. The molecule has 0 spiro atoms. The van der Waals surface area contributed by atoms with Crippen molar-refractivity contribution in [3.8, 4) is 0 Å². The van der Waals surface area contributed by atoms with Crippen LogP contribution in [0.1, 0.15) is 36.0 Å². The number of carbonyl (C=O) groups is 1. The van der Waals surface area contributed by atoms with Crippen molar-refractivity contribution in [2.75, 3.05) is 0 Å². The fourth-order valence-corrected chi connectivity index (χ4v) is 2.99. The molecule has 0 radical (unpaired) electrons. The molecule has 0 saturated heterocycles. The third-order valence-electron chi connectivity index (χ3n) is 3.96. The van der Waals surface area contributed by atoms with Gasteiger partial charge in [0.15, 0.2) is 0 Å². The Balaban J connectivity index is 1.78. The minimum atomic E-state index is -0.484. The van der Waals surface area contributed by atoms with E-state index in [9.17, 15) is 14.9 Å². The first-order valence-corrected chi connectivity index (χ1v) is 7.60. The highest BCUT2D eigenvalue weighted by molar-refractivity contribution is 9.10. The van der Waals surface area contributed by atoms with Gasteiger partial charge in [0.25, 0.3) is 11.6 Å². The van der Waals surface area contributed by atoms with Crippen LogP contribution in [0, 0.1) is 22.0 Å². The van der Waals surface area contributed by atoms with Gasteiger partial charge in [0.05, 0.1) is 10.5 Å². The highest BCUT2D eigenvalue weighted by atomic mass is 79.9. The number of nitrogens with one attached hydrogen (secondary N) is 1. The van der Waals surface area contributed by atoms with E-state index in [1.54, 1.807) is 6.07 Å². The van der Waals surface area contributed by atoms with E-state index in [0.717, 1.165) is 0 Å². The van der Waals surface area contributed by atoms with Gasteiger partial charge in [0.1, 0.15) is 0 Å². The van der Waals surface area contributed by atoms with Crippen LogP contribution in [0.5, 0.6) is 0 Å². The number of non-ortho nitro benzene ring substituents is 1. The molecule has 0 unspecified atom stereocenters. The van der Waals surface area contributed by atoms with Gasteiger partial charge in [-0.15, -0.1) is 0 Å². The Morgan fingerprint density at radius 1 is 1.30 bits per heavy atom. The molecule has 2 saturated carbocycles. The molecule has 2 fully saturated rings. The molecule has 0 atom stereocenters. The summed E-state index contributed by atoms with van der Waals surface area (Å²) in [6.07, 6.45) is 4.71. The summed E-state index contributed by atoms with van der Waals surface area (Å²) >= 11 is 3.29. The molecule has 3 rings (SSSR count). The molecule has 1 amide bonds. The van der Waals surface area contributed by atoms with Gasteiger partial charge in [0, 0.05) is 22.6 Å². The van der Waals surface area contributed by atoms with E-state index >= 15 is 0 Å². The monoisotopic (exact) mass is 338 g/mol. The van der Waals surface area contributed by atoms with Gasteiger partial charge in [-0.05, 0) is 59.5 Å². The fraction of sp³-hybridized carbons (Fsp3) is 0.500. The predicted octanol–water partition coefficient (Wildman–Crippen LogP) is 3.28. The molecule has 0 bridgehead atoms. The second-order valence-corrected chi connectivity index (χ2v) is 6.45. The van der Waals surface area contributed by atoms with Crippen LogP contribution in [0.15, 0.2) is 22.7 Å². The Bertz CT molecular complexity index is 556. The van der Waals surface area contributed by atoms with Crippen LogP contribution in [0.4, 0.5) is 5.69 Å². The number of rotatable bonds is 5. The van der Waals surface area contributed by atoms with E-state index in [4.69, 9.17) is 0 Å². The third kappa shape index (κ3) is 2.85. The van der Waals surface area contributed by atoms with E-state index in [-0.39, 0.29) is 17.6 Å². The summed E-state index contributed by atoms with van der Waals surface area (Å²) in [4.78, 5) is 22.7. The summed E-state index contributed by atoms with van der Waals surface area (Å²) in [5.74, 6) is 0.984. The number of nitro groups is 1. The summed E-state index contributed by atoms with van der Waals surface area (Å²) in [6.45, 7) is 0. The number of benzene rings is 1. The summed E-state index contributed by atoms with van der Waals surface area (Å²) < 4.78 is 0.589. The maximum Gasteiger partial charge on any atom is 0.270 e. The molecule has 1 aromatic rings. The van der Waals surface area contributed by atoms with Crippen molar-refractivity contribution in [1.82, 2.24) is 5.32 Å². The van der Waals surface area contributed by atoms with Crippen molar-refractivity contribution in [3.05, 3.63) is 38.3 Å². The standard InChI is InChI=1S/C14H15BrN2O3/c15-12-6-5-10(17(19)20)7-11(12)14(18)16-13(8-1-2-8)9-3-4-9/h5-9,13H,1-4H2,(H,16,18). The first-order chi connectivity index (χ1) is 9.56. The van der Waals surface area contributed by atoms with Crippen LogP contribution in [-0.4, -0.2) is 16.9 Å². The summed E-state index contributed by atoms with van der Waals surface area (Å²) in [7, 11) is 0. The van der Waals surface area contributed by atoms with Crippen LogP contribution in [0.2, 0.25) is 0 Å². The van der Waals surface area contributed by atoms with Gasteiger partial charge in [-0.2, -0.15) is 0 Å². The second-order valence-electron chi connectivity index (χ2n) is 5.60. The molecule has 5 nitrogen and oxygen atoms in total. The molecule has 0 aliphatic heterocycles. The average Bonchev–Trinajstić information content (AvgIpc) is 3.28. The van der Waals surface area contributed by atoms with Crippen LogP contribution in [0.25, 0.3) is 0 Å². The molecule has 1 aromatic carbocycles. The van der Waals surface area contributed by atoms with Gasteiger partial charge >= 0.3 is 0 Å². The quantitative estimate of drug-likeness (QED) is 0.661. The lowest BCUT2D eigenvalue weighted by molar-refractivity contribution is -0.384. The van der Waals surface area contributed by atoms with Crippen molar-refractivity contribution in [3.63, 3.8) is 0 Å². The van der Waals surface area contributed by atoms with E-state index in [2.05, 4.69) is 21.2 Å². The van der Waals surface area contributed by atoms with E-state index in [0.29, 0.717) is 21.9 Å². The largest absolute Gasteiger partial charge is 0.349 e. The van der Waals surface area contributed by atoms with Crippen molar-refractivity contribution in [2.45, 2.75) is 31.7 Å². The number of nitrogens with zero attached hydrogens (tertiary/aromatic N) is 1. The van der Waals surface area contributed by atoms with Crippen molar-refractivity contribution in [1.29, 1.82) is 0 Å². The van der Waals surface area contributed by atoms with Crippen molar-refractivity contribution in [2.24, 2.45) is 11.8 Å². The van der Waals surface area contributed by atoms with Crippen LogP contribution < -0.4 is 5.32 Å². The molecule has 20 heavy (non-hydrogen) atoms. The topological polar surface area (TPSA) is 72.2 Å². The maximum absolute atomic E-state index is 12.4. The number of carbonyl (C=O) groups excluding carboxylic acids is 1. The Hall–Kier alpha value is -1.43. The number of hydrogen-bond acceptors (Lipinski definition) is 3. The molecule has 6 heteroatoms. The summed E-state index contributed by atoms with van der Waals surface area (Å²) in [5, 5.41) is 13.9. The smallest absolute Gasteiger partial charge is 0.270 e. The highest BCUT2D eigenvalue weighted by Crippen LogP contribution is 2.44. The Morgan fingerprint density at radius 2 is 1.90 bits per heavy atom. The van der Waals surface area contributed by atoms with Crippen molar-refractivity contribution >= 4 is 27.5 Å². The maximum atomic E-state index is 12.4. The second kappa shape index (κ2) is 5.16. The molecular weight excluding hydrogens is 324 g/mol. The van der Waals surface area contributed by atoms with Gasteiger partial charge < -0.3 is 5.32 Å². The molecular formula is C14H15BrN2O3. The lowest BCUT2D eigenvalue weighted by Crippen LogP contribution is -2.38. The summed E-state index contributed by atoms with van der Waals surface area (Å²) in [5.41, 5.74) is 0.276. The molecule has 106 valence electrons. The van der Waals surface area contributed by atoms with Crippen molar-refractivity contribution < 1.29 is 9.72 Å². The minimum absolute atomic E-state index is 0.0623. The first-order valence-electron chi connectivity index (χ1n) is 6.81. The number of halogens is 1. The molecule has 0 aromatic heterocycles. The van der Waals surface area contributed by atoms with E-state index in [1.165, 1.54) is 37.8 Å². The minimum Gasteiger partial charge on any atom is -0.349 e. The lowest BCUT2D eigenvalue weighted by atomic mass is 10.1. The zero-order valence-corrected chi connectivity index (χ0v) is 12.4. The average molecular weight is 339 g/mol. The Morgan fingerprint density at radius 3 is 2.40 bits per heavy atom. The van der Waals surface area contributed by atoms with Crippen LogP contribution in [-0.2, 0) is 0 Å². The van der Waals surface area contributed by atoms with E-state index in [1.807, 2.05) is 0 Å². The van der Waals surface area contributed by atoms with Gasteiger partial charge in [0.2, 0.25) is 0 Å². The fourth-order valence-electron chi connectivity index (χ4n) is 2.56. The number of nitro benzene ring substituents is 1. The van der Waals surface area contributed by atoms with Gasteiger partial charge in [-0.1, -0.05) is 0 Å². The van der Waals surface area contributed by atoms with Gasteiger partial charge in [-0.3, -0.25) is 14.9 Å². The molecule has 2 aliphatic carbocycles. The van der Waals surface area contributed by atoms with Gasteiger partial charge in [-0.25, -0.2) is 0 Å².